The number of morpholine rings is 1. The number of hydrazine groups is 1. The van der Waals surface area contributed by atoms with Gasteiger partial charge < -0.3 is 15.2 Å². The molecule has 1 aromatic carbocycles. The van der Waals surface area contributed by atoms with Crippen LogP contribution in [-0.2, 0) is 4.74 Å². The predicted molar refractivity (Wildman–Crippen MR) is 89.3 cm³/mol. The molecule has 1 aliphatic rings. The van der Waals surface area contributed by atoms with E-state index in [1.165, 1.54) is 11.5 Å². The molecule has 0 unspecified atom stereocenters. The normalized spacial score (nSPS) is 15.7. The first kappa shape index (κ1) is 15.4. The molecule has 0 amide bonds. The molecule has 3 rings (SSSR count). The lowest BCUT2D eigenvalue weighted by Crippen LogP contribution is -2.40. The third-order valence-corrected chi connectivity index (χ3v) is 4.62. The van der Waals surface area contributed by atoms with Crippen molar-refractivity contribution >= 4 is 39.6 Å². The molecule has 2 heterocycles. The summed E-state index contributed by atoms with van der Waals surface area (Å²) in [6, 6.07) is 5.61. The summed E-state index contributed by atoms with van der Waals surface area (Å²) in [5.74, 6) is 0.560. The predicted octanol–water partition coefficient (Wildman–Crippen LogP) is 3.21. The van der Waals surface area contributed by atoms with Crippen LogP contribution < -0.4 is 10.7 Å². The van der Waals surface area contributed by atoms with E-state index in [1.807, 2.05) is 30.1 Å². The lowest BCUT2D eigenvalue weighted by atomic mass is 10.2. The molecule has 0 atom stereocenters. The third kappa shape index (κ3) is 3.27. The van der Waals surface area contributed by atoms with Crippen LogP contribution in [0, 0.1) is 6.92 Å². The van der Waals surface area contributed by atoms with Crippen LogP contribution >= 0.6 is 23.1 Å². The van der Waals surface area contributed by atoms with Crippen molar-refractivity contribution in [3.05, 3.63) is 28.8 Å². The molecule has 22 heavy (non-hydrogen) atoms. The second-order valence-electron chi connectivity index (χ2n) is 4.96. The number of halogens is 1. The van der Waals surface area contributed by atoms with Gasteiger partial charge in [0, 0.05) is 23.8 Å². The van der Waals surface area contributed by atoms with E-state index in [9.17, 15) is 5.11 Å². The second-order valence-corrected chi connectivity index (χ2v) is 6.14. The van der Waals surface area contributed by atoms with E-state index in [0.717, 1.165) is 24.3 Å². The lowest BCUT2D eigenvalue weighted by Gasteiger charge is -2.26. The summed E-state index contributed by atoms with van der Waals surface area (Å²) < 4.78 is 9.55. The molecule has 1 saturated heterocycles. The SMILES string of the molecule is Cc1c(Cl)cccc1Nc1snc(NN2CCOCC2)c1O. The molecule has 1 aromatic heterocycles. The number of rotatable bonds is 4. The van der Waals surface area contributed by atoms with E-state index in [1.54, 1.807) is 0 Å². The highest BCUT2D eigenvalue weighted by Gasteiger charge is 2.17. The van der Waals surface area contributed by atoms with E-state index >= 15 is 0 Å². The average Bonchev–Trinajstić information content (AvgIpc) is 2.86. The number of anilines is 3. The molecule has 0 aliphatic carbocycles. The summed E-state index contributed by atoms with van der Waals surface area (Å²) in [7, 11) is 0. The maximum atomic E-state index is 10.3. The van der Waals surface area contributed by atoms with Crippen LogP contribution in [0.4, 0.5) is 16.5 Å². The Kier molecular flexibility index (Phi) is 4.68. The number of hydrogen-bond acceptors (Lipinski definition) is 7. The maximum Gasteiger partial charge on any atom is 0.198 e. The molecule has 0 radical (unpaired) electrons. The van der Waals surface area contributed by atoms with Crippen molar-refractivity contribution in [1.29, 1.82) is 0 Å². The zero-order valence-corrected chi connectivity index (χ0v) is 13.7. The van der Waals surface area contributed by atoms with Crippen LogP contribution in [-0.4, -0.2) is 40.8 Å². The molecule has 118 valence electrons. The summed E-state index contributed by atoms with van der Waals surface area (Å²) in [6.07, 6.45) is 0. The number of nitrogens with one attached hydrogen (secondary N) is 2. The van der Waals surface area contributed by atoms with Crippen molar-refractivity contribution < 1.29 is 9.84 Å². The van der Waals surface area contributed by atoms with E-state index in [-0.39, 0.29) is 5.75 Å². The number of ether oxygens (including phenoxy) is 1. The fourth-order valence-electron chi connectivity index (χ4n) is 2.13. The summed E-state index contributed by atoms with van der Waals surface area (Å²) in [6.45, 7) is 4.78. The van der Waals surface area contributed by atoms with Crippen molar-refractivity contribution in [3.63, 3.8) is 0 Å². The van der Waals surface area contributed by atoms with E-state index < -0.39 is 0 Å². The number of nitrogens with zero attached hydrogens (tertiary/aromatic N) is 2. The Morgan fingerprint density at radius 1 is 1.36 bits per heavy atom. The minimum Gasteiger partial charge on any atom is -0.502 e. The number of aromatic nitrogens is 1. The first-order valence-corrected chi connectivity index (χ1v) is 8.10. The van der Waals surface area contributed by atoms with Crippen LogP contribution in [0.1, 0.15) is 5.56 Å². The van der Waals surface area contributed by atoms with Crippen LogP contribution in [0.3, 0.4) is 0 Å². The van der Waals surface area contributed by atoms with Crippen LogP contribution in [0.2, 0.25) is 5.02 Å². The molecular formula is C14H17ClN4O2S. The van der Waals surface area contributed by atoms with Gasteiger partial charge in [-0.25, -0.2) is 5.01 Å². The molecule has 1 aliphatic heterocycles. The number of aromatic hydroxyl groups is 1. The zero-order chi connectivity index (χ0) is 15.5. The average molecular weight is 341 g/mol. The molecule has 0 bridgehead atoms. The largest absolute Gasteiger partial charge is 0.502 e. The van der Waals surface area contributed by atoms with Gasteiger partial charge in [-0.15, -0.1) is 0 Å². The molecule has 0 saturated carbocycles. The highest BCUT2D eigenvalue weighted by atomic mass is 35.5. The summed E-state index contributed by atoms with van der Waals surface area (Å²) in [5, 5.41) is 16.7. The van der Waals surface area contributed by atoms with E-state index in [0.29, 0.717) is 29.1 Å². The van der Waals surface area contributed by atoms with Gasteiger partial charge in [-0.3, -0.25) is 5.43 Å². The maximum absolute atomic E-state index is 10.3. The smallest absolute Gasteiger partial charge is 0.198 e. The Hall–Kier alpha value is -1.54. The fourth-order valence-corrected chi connectivity index (χ4v) is 2.95. The van der Waals surface area contributed by atoms with Gasteiger partial charge >= 0.3 is 0 Å². The highest BCUT2D eigenvalue weighted by Crippen LogP contribution is 2.39. The van der Waals surface area contributed by atoms with Crippen molar-refractivity contribution in [1.82, 2.24) is 9.38 Å². The Balaban J connectivity index is 1.74. The Labute approximate surface area is 137 Å². The number of benzene rings is 1. The van der Waals surface area contributed by atoms with Gasteiger partial charge in [0.15, 0.2) is 16.6 Å². The van der Waals surface area contributed by atoms with Gasteiger partial charge in [-0.2, -0.15) is 4.37 Å². The van der Waals surface area contributed by atoms with Gasteiger partial charge in [0.2, 0.25) is 0 Å². The fraction of sp³-hybridized carbons (Fsp3) is 0.357. The first-order valence-electron chi connectivity index (χ1n) is 6.95. The molecule has 2 aromatic rings. The van der Waals surface area contributed by atoms with E-state index in [4.69, 9.17) is 16.3 Å². The lowest BCUT2D eigenvalue weighted by molar-refractivity contribution is 0.0494. The van der Waals surface area contributed by atoms with Gasteiger partial charge in [-0.1, -0.05) is 17.7 Å². The Morgan fingerprint density at radius 2 is 2.14 bits per heavy atom. The highest BCUT2D eigenvalue weighted by molar-refractivity contribution is 7.11. The van der Waals surface area contributed by atoms with Gasteiger partial charge in [0.05, 0.1) is 13.2 Å². The minimum atomic E-state index is 0.107. The Bertz CT molecular complexity index is 658. The van der Waals surface area contributed by atoms with Crippen molar-refractivity contribution in [2.75, 3.05) is 37.0 Å². The quantitative estimate of drug-likeness (QED) is 0.794. The third-order valence-electron chi connectivity index (χ3n) is 3.46. The van der Waals surface area contributed by atoms with Gasteiger partial charge in [0.1, 0.15) is 0 Å². The molecule has 0 spiro atoms. The van der Waals surface area contributed by atoms with Gasteiger partial charge in [0.25, 0.3) is 0 Å². The minimum absolute atomic E-state index is 0.107. The van der Waals surface area contributed by atoms with E-state index in [2.05, 4.69) is 15.1 Å². The standard InChI is InChI=1S/C14H17ClN4O2S/c1-9-10(15)3-2-4-11(9)16-14-12(20)13(18-22-14)17-19-5-7-21-8-6-19/h2-4,16,20H,5-8H2,1H3,(H,17,18). The van der Waals surface area contributed by atoms with Gasteiger partial charge in [-0.05, 0) is 36.2 Å². The number of hydrogen-bond donors (Lipinski definition) is 3. The Morgan fingerprint density at radius 3 is 2.91 bits per heavy atom. The molecule has 1 fully saturated rings. The van der Waals surface area contributed by atoms with Crippen molar-refractivity contribution in [3.8, 4) is 5.75 Å². The molecular weight excluding hydrogens is 324 g/mol. The van der Waals surface area contributed by atoms with Crippen molar-refractivity contribution in [2.24, 2.45) is 0 Å². The topological polar surface area (TPSA) is 69.7 Å². The summed E-state index contributed by atoms with van der Waals surface area (Å²) in [4.78, 5) is 0. The molecule has 3 N–H and O–H groups in total. The molecule has 8 heteroatoms. The first-order chi connectivity index (χ1) is 10.6. The van der Waals surface area contributed by atoms with Crippen LogP contribution in [0.5, 0.6) is 5.75 Å². The van der Waals surface area contributed by atoms with Crippen molar-refractivity contribution in [2.45, 2.75) is 6.92 Å². The zero-order valence-electron chi connectivity index (χ0n) is 12.1. The summed E-state index contributed by atoms with van der Waals surface area (Å²) >= 11 is 7.31. The molecule has 6 nitrogen and oxygen atoms in total. The monoisotopic (exact) mass is 340 g/mol. The summed E-state index contributed by atoms with van der Waals surface area (Å²) in [5.41, 5.74) is 4.90. The van der Waals surface area contributed by atoms with Crippen LogP contribution in [0.15, 0.2) is 18.2 Å². The second kappa shape index (κ2) is 6.70. The van der Waals surface area contributed by atoms with Crippen LogP contribution in [0.25, 0.3) is 0 Å².